The van der Waals surface area contributed by atoms with Crippen LogP contribution in [0.15, 0.2) is 48.5 Å². The van der Waals surface area contributed by atoms with Gasteiger partial charge in [-0.05, 0) is 28.8 Å². The van der Waals surface area contributed by atoms with E-state index in [0.29, 0.717) is 13.1 Å². The summed E-state index contributed by atoms with van der Waals surface area (Å²) in [6.07, 6.45) is 0. The molecule has 2 aromatic carbocycles. The number of nitrogens with zero attached hydrogens (tertiary/aromatic N) is 1. The minimum Gasteiger partial charge on any atom is -0.497 e. The minimum atomic E-state index is -0.178. The van der Waals surface area contributed by atoms with E-state index in [1.807, 2.05) is 24.3 Å². The largest absolute Gasteiger partial charge is 0.497 e. The topological polar surface area (TPSA) is 62.8 Å². The van der Waals surface area contributed by atoms with Crippen LogP contribution in [-0.4, -0.2) is 44.3 Å². The van der Waals surface area contributed by atoms with Crippen LogP contribution in [0, 0.1) is 0 Å². The van der Waals surface area contributed by atoms with Crippen LogP contribution in [0.2, 0.25) is 0 Å². The summed E-state index contributed by atoms with van der Waals surface area (Å²) < 4.78 is 10.5. The first-order valence-corrected chi connectivity index (χ1v) is 9.25. The molecule has 0 aliphatic carbocycles. The maximum Gasteiger partial charge on any atom is 0.315 e. The van der Waals surface area contributed by atoms with Crippen LogP contribution in [0.25, 0.3) is 0 Å². The molecule has 2 N–H and O–H groups in total. The van der Waals surface area contributed by atoms with Crippen molar-refractivity contribution in [3.63, 3.8) is 0 Å². The van der Waals surface area contributed by atoms with Crippen molar-refractivity contribution < 1.29 is 14.3 Å². The predicted octanol–water partition coefficient (Wildman–Crippen LogP) is 2.53. The van der Waals surface area contributed by atoms with Gasteiger partial charge in [0.15, 0.2) is 0 Å². The van der Waals surface area contributed by atoms with Crippen LogP contribution in [0.4, 0.5) is 4.79 Å². The molecule has 0 aromatic heterocycles. The Balaban J connectivity index is 1.38. The van der Waals surface area contributed by atoms with Gasteiger partial charge in [0.25, 0.3) is 0 Å². The Kier molecular flexibility index (Phi) is 7.07. The summed E-state index contributed by atoms with van der Waals surface area (Å²) in [5, 5.41) is 5.75. The Morgan fingerprint density at radius 3 is 2.00 bits per heavy atom. The number of nitrogens with one attached hydrogen (secondary N) is 2. The summed E-state index contributed by atoms with van der Waals surface area (Å²) >= 11 is 0. The highest BCUT2D eigenvalue weighted by molar-refractivity contribution is 5.73. The van der Waals surface area contributed by atoms with Gasteiger partial charge >= 0.3 is 6.03 Å². The number of carbonyl (C=O) groups excluding carboxylic acids is 1. The Morgan fingerprint density at radius 1 is 0.926 bits per heavy atom. The third kappa shape index (κ3) is 6.27. The maximum atomic E-state index is 12.0. The van der Waals surface area contributed by atoms with E-state index in [2.05, 4.69) is 39.8 Å². The first-order valence-electron chi connectivity index (χ1n) is 9.25. The van der Waals surface area contributed by atoms with Gasteiger partial charge < -0.3 is 20.1 Å². The molecule has 0 radical (unpaired) electrons. The quantitative estimate of drug-likeness (QED) is 0.787. The zero-order valence-corrected chi connectivity index (χ0v) is 15.7. The monoisotopic (exact) mass is 369 g/mol. The van der Waals surface area contributed by atoms with Gasteiger partial charge in [-0.25, -0.2) is 4.79 Å². The molecule has 2 amide bonds. The maximum absolute atomic E-state index is 12.0. The van der Waals surface area contributed by atoms with Crippen LogP contribution in [0.5, 0.6) is 5.75 Å². The predicted molar refractivity (Wildman–Crippen MR) is 105 cm³/mol. The summed E-state index contributed by atoms with van der Waals surface area (Å²) in [5.74, 6) is 0.806. The fourth-order valence-corrected chi connectivity index (χ4v) is 2.95. The molecular formula is C21H27N3O3. The normalized spacial score (nSPS) is 14.6. The third-order valence-electron chi connectivity index (χ3n) is 4.60. The van der Waals surface area contributed by atoms with Crippen molar-refractivity contribution in [1.82, 2.24) is 15.5 Å². The van der Waals surface area contributed by atoms with Gasteiger partial charge in [-0.3, -0.25) is 4.90 Å². The number of hydrogen-bond donors (Lipinski definition) is 2. The Hall–Kier alpha value is -2.57. The smallest absolute Gasteiger partial charge is 0.315 e. The summed E-state index contributed by atoms with van der Waals surface area (Å²) in [6, 6.07) is 15.9. The number of ether oxygens (including phenoxy) is 2. The van der Waals surface area contributed by atoms with Gasteiger partial charge in [-0.2, -0.15) is 0 Å². The van der Waals surface area contributed by atoms with E-state index in [1.54, 1.807) is 7.11 Å². The lowest BCUT2D eigenvalue weighted by Gasteiger charge is -2.26. The van der Waals surface area contributed by atoms with Crippen molar-refractivity contribution in [3.8, 4) is 5.75 Å². The third-order valence-corrected chi connectivity index (χ3v) is 4.60. The highest BCUT2D eigenvalue weighted by Crippen LogP contribution is 2.11. The Morgan fingerprint density at radius 2 is 1.44 bits per heavy atom. The summed E-state index contributed by atoms with van der Waals surface area (Å²) in [6.45, 7) is 5.52. The lowest BCUT2D eigenvalue weighted by molar-refractivity contribution is 0.0342. The number of rotatable bonds is 7. The van der Waals surface area contributed by atoms with Crippen molar-refractivity contribution in [3.05, 3.63) is 65.2 Å². The van der Waals surface area contributed by atoms with Crippen molar-refractivity contribution in [1.29, 1.82) is 0 Å². The van der Waals surface area contributed by atoms with E-state index in [-0.39, 0.29) is 6.03 Å². The molecule has 144 valence electrons. The van der Waals surface area contributed by atoms with Gasteiger partial charge in [0, 0.05) is 32.7 Å². The fourth-order valence-electron chi connectivity index (χ4n) is 2.95. The Bertz CT molecular complexity index is 710. The highest BCUT2D eigenvalue weighted by atomic mass is 16.5. The molecule has 6 nitrogen and oxygen atoms in total. The van der Waals surface area contributed by atoms with E-state index in [9.17, 15) is 4.79 Å². The number of morpholine rings is 1. The van der Waals surface area contributed by atoms with E-state index in [1.165, 1.54) is 5.56 Å². The average molecular weight is 369 g/mol. The standard InChI is InChI=1S/C21H27N3O3/c1-26-20-8-6-18(7-9-20)15-23-21(25)22-14-17-2-4-19(5-3-17)16-24-10-12-27-13-11-24/h2-9H,10-16H2,1H3,(H2,22,23,25). The average Bonchev–Trinajstić information content (AvgIpc) is 2.73. The minimum absolute atomic E-state index is 0.178. The Labute approximate surface area is 160 Å². The van der Waals surface area contributed by atoms with Crippen molar-refractivity contribution in [2.75, 3.05) is 33.4 Å². The van der Waals surface area contributed by atoms with Crippen molar-refractivity contribution in [2.24, 2.45) is 0 Å². The van der Waals surface area contributed by atoms with Gasteiger partial charge in [-0.15, -0.1) is 0 Å². The van der Waals surface area contributed by atoms with Gasteiger partial charge in [0.1, 0.15) is 5.75 Å². The van der Waals surface area contributed by atoms with Gasteiger partial charge in [-0.1, -0.05) is 36.4 Å². The number of carbonyl (C=O) groups is 1. The van der Waals surface area contributed by atoms with Crippen LogP contribution in [0.3, 0.4) is 0 Å². The van der Waals surface area contributed by atoms with Crippen LogP contribution in [0.1, 0.15) is 16.7 Å². The zero-order chi connectivity index (χ0) is 18.9. The second kappa shape index (κ2) is 9.94. The SMILES string of the molecule is COc1ccc(CNC(=O)NCc2ccc(CN3CCOCC3)cc2)cc1. The van der Waals surface area contributed by atoms with Crippen LogP contribution < -0.4 is 15.4 Å². The number of benzene rings is 2. The molecule has 27 heavy (non-hydrogen) atoms. The zero-order valence-electron chi connectivity index (χ0n) is 15.7. The molecule has 1 saturated heterocycles. The van der Waals surface area contributed by atoms with Crippen molar-refractivity contribution >= 4 is 6.03 Å². The summed E-state index contributed by atoms with van der Waals surface area (Å²) in [4.78, 5) is 14.4. The molecule has 6 heteroatoms. The molecule has 0 spiro atoms. The number of urea groups is 1. The molecule has 3 rings (SSSR count). The summed E-state index contributed by atoms with van der Waals surface area (Å²) in [5.41, 5.74) is 3.39. The van der Waals surface area contributed by atoms with E-state index in [0.717, 1.165) is 49.7 Å². The number of methoxy groups -OCH3 is 1. The summed E-state index contributed by atoms with van der Waals surface area (Å²) in [7, 11) is 1.63. The second-order valence-electron chi connectivity index (χ2n) is 6.59. The van der Waals surface area contributed by atoms with Gasteiger partial charge in [0.2, 0.25) is 0 Å². The molecule has 1 fully saturated rings. The molecule has 0 unspecified atom stereocenters. The molecular weight excluding hydrogens is 342 g/mol. The molecule has 1 aliphatic heterocycles. The van der Waals surface area contributed by atoms with Crippen LogP contribution in [-0.2, 0) is 24.4 Å². The molecule has 0 saturated carbocycles. The first-order chi connectivity index (χ1) is 13.2. The van der Waals surface area contributed by atoms with Gasteiger partial charge in [0.05, 0.1) is 20.3 Å². The van der Waals surface area contributed by atoms with E-state index >= 15 is 0 Å². The first kappa shape index (κ1) is 19.2. The molecule has 0 bridgehead atoms. The lowest BCUT2D eigenvalue weighted by Crippen LogP contribution is -2.35. The second-order valence-corrected chi connectivity index (χ2v) is 6.59. The fraction of sp³-hybridized carbons (Fsp3) is 0.381. The molecule has 1 aliphatic rings. The van der Waals surface area contributed by atoms with E-state index in [4.69, 9.17) is 9.47 Å². The lowest BCUT2D eigenvalue weighted by atomic mass is 10.1. The number of amides is 2. The highest BCUT2D eigenvalue weighted by Gasteiger charge is 2.10. The molecule has 0 atom stereocenters. The van der Waals surface area contributed by atoms with Crippen molar-refractivity contribution in [2.45, 2.75) is 19.6 Å². The number of hydrogen-bond acceptors (Lipinski definition) is 4. The van der Waals surface area contributed by atoms with E-state index < -0.39 is 0 Å². The van der Waals surface area contributed by atoms with Crippen LogP contribution >= 0.6 is 0 Å². The molecule has 2 aromatic rings. The molecule has 1 heterocycles.